The van der Waals surface area contributed by atoms with Crippen LogP contribution >= 0.6 is 0 Å². The van der Waals surface area contributed by atoms with Gasteiger partial charge in [0.2, 0.25) is 0 Å². The van der Waals surface area contributed by atoms with Crippen molar-refractivity contribution in [2.45, 2.75) is 13.8 Å². The molecule has 1 aromatic carbocycles. The van der Waals surface area contributed by atoms with Gasteiger partial charge in [-0.2, -0.15) is 0 Å². The second kappa shape index (κ2) is 7.90. The van der Waals surface area contributed by atoms with Crippen molar-refractivity contribution in [3.05, 3.63) is 54.1 Å². The Balaban J connectivity index is 1.54. The molecule has 0 unspecified atom stereocenters. The van der Waals surface area contributed by atoms with Crippen LogP contribution < -0.4 is 0 Å². The van der Waals surface area contributed by atoms with Gasteiger partial charge in [0.05, 0.1) is 6.61 Å². The van der Waals surface area contributed by atoms with Crippen LogP contribution in [0.3, 0.4) is 0 Å². The molecule has 1 fully saturated rings. The van der Waals surface area contributed by atoms with Gasteiger partial charge in [-0.25, -0.2) is 9.78 Å². The Kier molecular flexibility index (Phi) is 5.16. The third kappa shape index (κ3) is 3.78. The number of benzene rings is 1. The second-order valence-corrected chi connectivity index (χ2v) is 6.98. The van der Waals surface area contributed by atoms with Crippen molar-refractivity contribution in [1.29, 1.82) is 0 Å². The molecule has 1 aliphatic rings. The number of hydrogen-bond acceptors (Lipinski definition) is 5. The van der Waals surface area contributed by atoms with Crippen LogP contribution in [-0.2, 0) is 4.74 Å². The largest absolute Gasteiger partial charge is 0.450 e. The Morgan fingerprint density at radius 2 is 1.76 bits per heavy atom. The Morgan fingerprint density at radius 3 is 2.45 bits per heavy atom. The van der Waals surface area contributed by atoms with Crippen LogP contribution in [0.15, 0.2) is 42.9 Å². The summed E-state index contributed by atoms with van der Waals surface area (Å²) in [6.45, 7) is 5.97. The molecule has 1 saturated heterocycles. The van der Waals surface area contributed by atoms with Crippen molar-refractivity contribution >= 4 is 17.6 Å². The summed E-state index contributed by atoms with van der Waals surface area (Å²) in [5.74, 6) is -0.146. The molecule has 0 N–H and O–H groups in total. The molecule has 2 amide bonds. The van der Waals surface area contributed by atoms with E-state index in [1.54, 1.807) is 35.3 Å². The van der Waals surface area contributed by atoms with Gasteiger partial charge in [0.1, 0.15) is 11.4 Å². The molecule has 29 heavy (non-hydrogen) atoms. The average molecular weight is 393 g/mol. The van der Waals surface area contributed by atoms with Crippen LogP contribution in [0.25, 0.3) is 16.9 Å². The summed E-state index contributed by atoms with van der Waals surface area (Å²) < 4.78 is 6.85. The van der Waals surface area contributed by atoms with Gasteiger partial charge in [-0.3, -0.25) is 9.78 Å². The molecule has 0 bridgehead atoms. The maximum absolute atomic E-state index is 13.0. The van der Waals surface area contributed by atoms with E-state index < -0.39 is 0 Å². The number of rotatable bonds is 3. The van der Waals surface area contributed by atoms with Crippen LogP contribution in [0.2, 0.25) is 0 Å². The summed E-state index contributed by atoms with van der Waals surface area (Å²) in [5, 5.41) is 0. The van der Waals surface area contributed by atoms with E-state index in [2.05, 4.69) is 9.97 Å². The lowest BCUT2D eigenvalue weighted by atomic mass is 10.1. The molecule has 0 spiro atoms. The predicted octanol–water partition coefficient (Wildman–Crippen LogP) is 2.62. The summed E-state index contributed by atoms with van der Waals surface area (Å²) in [7, 11) is 0. The zero-order valence-electron chi connectivity index (χ0n) is 16.5. The first-order chi connectivity index (χ1) is 14.1. The molecular formula is C21H23N5O3. The van der Waals surface area contributed by atoms with Crippen LogP contribution in [0.4, 0.5) is 4.79 Å². The zero-order valence-corrected chi connectivity index (χ0v) is 16.5. The predicted molar refractivity (Wildman–Crippen MR) is 108 cm³/mol. The standard InChI is InChI=1S/C21H23N5O3/c1-3-29-21(28)25-12-10-24(11-13-25)20(27)17-14-26-9-8-22-18(19(26)23-17)16-6-4-15(2)5-7-16/h4-9,14H,3,10-13H2,1-2H3. The highest BCUT2D eigenvalue weighted by Gasteiger charge is 2.27. The van der Waals surface area contributed by atoms with Crippen molar-refractivity contribution in [1.82, 2.24) is 24.2 Å². The molecule has 8 heteroatoms. The Morgan fingerprint density at radius 1 is 1.07 bits per heavy atom. The van der Waals surface area contributed by atoms with E-state index in [0.717, 1.165) is 11.3 Å². The SMILES string of the molecule is CCOC(=O)N1CCN(C(=O)c2cn3ccnc(-c4ccc(C)cc4)c3n2)CC1. The maximum Gasteiger partial charge on any atom is 0.409 e. The quantitative estimate of drug-likeness (QED) is 0.683. The molecule has 150 valence electrons. The lowest BCUT2D eigenvalue weighted by molar-refractivity contribution is 0.0566. The molecule has 0 aliphatic carbocycles. The molecule has 0 radical (unpaired) electrons. The molecular weight excluding hydrogens is 370 g/mol. The third-order valence-corrected chi connectivity index (χ3v) is 5.01. The minimum atomic E-state index is -0.332. The van der Waals surface area contributed by atoms with E-state index >= 15 is 0 Å². The number of aromatic nitrogens is 3. The van der Waals surface area contributed by atoms with Gasteiger partial charge < -0.3 is 18.9 Å². The Labute approximate surface area is 168 Å². The average Bonchev–Trinajstić information content (AvgIpc) is 3.18. The van der Waals surface area contributed by atoms with Crippen molar-refractivity contribution in [3.8, 4) is 11.3 Å². The number of carbonyl (C=O) groups excluding carboxylic acids is 2. The highest BCUT2D eigenvalue weighted by Crippen LogP contribution is 2.22. The van der Waals surface area contributed by atoms with Crippen LogP contribution in [0, 0.1) is 6.92 Å². The van der Waals surface area contributed by atoms with Gasteiger partial charge in [-0.05, 0) is 13.8 Å². The highest BCUT2D eigenvalue weighted by molar-refractivity contribution is 5.94. The van der Waals surface area contributed by atoms with Gasteiger partial charge in [-0.15, -0.1) is 0 Å². The van der Waals surface area contributed by atoms with E-state index in [1.165, 1.54) is 5.56 Å². The number of aryl methyl sites for hydroxylation is 1. The summed E-state index contributed by atoms with van der Waals surface area (Å²) in [6.07, 6.45) is 4.89. The first kappa shape index (κ1) is 18.9. The topological polar surface area (TPSA) is 80.0 Å². The first-order valence-electron chi connectivity index (χ1n) is 9.68. The summed E-state index contributed by atoms with van der Waals surface area (Å²) >= 11 is 0. The lowest BCUT2D eigenvalue weighted by Crippen LogP contribution is -2.50. The second-order valence-electron chi connectivity index (χ2n) is 6.98. The van der Waals surface area contributed by atoms with E-state index in [1.807, 2.05) is 35.6 Å². The summed E-state index contributed by atoms with van der Waals surface area (Å²) in [5.41, 5.74) is 3.87. The number of amides is 2. The first-order valence-corrected chi connectivity index (χ1v) is 9.68. The molecule has 2 aromatic heterocycles. The van der Waals surface area contributed by atoms with Gasteiger partial charge in [0.15, 0.2) is 5.65 Å². The zero-order chi connectivity index (χ0) is 20.4. The van der Waals surface area contributed by atoms with Crippen molar-refractivity contribution in [2.75, 3.05) is 32.8 Å². The molecule has 3 aromatic rings. The maximum atomic E-state index is 13.0. The Hall–Kier alpha value is -3.42. The van der Waals surface area contributed by atoms with E-state index in [9.17, 15) is 9.59 Å². The highest BCUT2D eigenvalue weighted by atomic mass is 16.6. The van der Waals surface area contributed by atoms with E-state index in [-0.39, 0.29) is 12.0 Å². The van der Waals surface area contributed by atoms with E-state index in [0.29, 0.717) is 44.1 Å². The number of ether oxygens (including phenoxy) is 1. The van der Waals surface area contributed by atoms with Crippen molar-refractivity contribution in [3.63, 3.8) is 0 Å². The van der Waals surface area contributed by atoms with Gasteiger partial charge in [-0.1, -0.05) is 29.8 Å². The third-order valence-electron chi connectivity index (χ3n) is 5.01. The fourth-order valence-electron chi connectivity index (χ4n) is 3.41. The molecule has 8 nitrogen and oxygen atoms in total. The fraction of sp³-hybridized carbons (Fsp3) is 0.333. The molecule has 0 saturated carbocycles. The number of carbonyl (C=O) groups is 2. The summed E-state index contributed by atoms with van der Waals surface area (Å²) in [4.78, 5) is 37.2. The molecule has 4 rings (SSSR count). The summed E-state index contributed by atoms with van der Waals surface area (Å²) in [6, 6.07) is 8.06. The molecule has 1 aliphatic heterocycles. The smallest absolute Gasteiger partial charge is 0.409 e. The Bertz CT molecular complexity index is 1040. The lowest BCUT2D eigenvalue weighted by Gasteiger charge is -2.33. The van der Waals surface area contributed by atoms with Crippen LogP contribution in [-0.4, -0.2) is 69.0 Å². The van der Waals surface area contributed by atoms with E-state index in [4.69, 9.17) is 4.74 Å². The van der Waals surface area contributed by atoms with Crippen molar-refractivity contribution < 1.29 is 14.3 Å². The van der Waals surface area contributed by atoms with Crippen LogP contribution in [0.1, 0.15) is 23.0 Å². The number of imidazole rings is 1. The van der Waals surface area contributed by atoms with Crippen molar-refractivity contribution in [2.24, 2.45) is 0 Å². The van der Waals surface area contributed by atoms with Gasteiger partial charge in [0.25, 0.3) is 5.91 Å². The van der Waals surface area contributed by atoms with Gasteiger partial charge >= 0.3 is 6.09 Å². The monoisotopic (exact) mass is 393 g/mol. The minimum Gasteiger partial charge on any atom is -0.450 e. The minimum absolute atomic E-state index is 0.146. The molecule has 3 heterocycles. The molecule has 0 atom stereocenters. The number of nitrogens with zero attached hydrogens (tertiary/aromatic N) is 5. The normalized spacial score (nSPS) is 14.3. The van der Waals surface area contributed by atoms with Crippen LogP contribution in [0.5, 0.6) is 0 Å². The fourth-order valence-corrected chi connectivity index (χ4v) is 3.41. The number of piperazine rings is 1. The number of hydrogen-bond donors (Lipinski definition) is 0. The van der Waals surface area contributed by atoms with Gasteiger partial charge in [0, 0.05) is 50.3 Å². The number of fused-ring (bicyclic) bond motifs is 1.